The van der Waals surface area contributed by atoms with Crippen LogP contribution in [0, 0.1) is 20.2 Å². The van der Waals surface area contributed by atoms with Crippen molar-refractivity contribution in [3.8, 4) is 17.2 Å². The predicted molar refractivity (Wildman–Crippen MR) is 205 cm³/mol. The molecule has 0 aromatic heterocycles. The molecule has 3 aliphatic heterocycles. The SMILES string of the molecule is CC1(C)OB(c2ccc(CO)cc2[N+](=O)[O-])OC1(C)C.CC1(C)OB(c2ccc(COc3ccc4nc5ccc(=O)cc-5oc4c3)cc2[N+](=O)[O-])OC1(C)C. The number of hydrogen-bond donors (Lipinski definition) is 1. The summed E-state index contributed by atoms with van der Waals surface area (Å²) >= 11 is 0. The molecule has 4 aliphatic rings. The number of hydrogen-bond acceptors (Lipinski definition) is 13. The molecule has 0 atom stereocenters. The molecule has 0 radical (unpaired) electrons. The maximum atomic E-state index is 11.8. The highest BCUT2D eigenvalue weighted by atomic mass is 16.7. The lowest BCUT2D eigenvalue weighted by Gasteiger charge is -2.32. The van der Waals surface area contributed by atoms with E-state index < -0.39 is 46.5 Å². The van der Waals surface area contributed by atoms with Crippen molar-refractivity contribution in [1.29, 1.82) is 0 Å². The highest BCUT2D eigenvalue weighted by Gasteiger charge is 2.54. The second-order valence-corrected chi connectivity index (χ2v) is 15.4. The van der Waals surface area contributed by atoms with Gasteiger partial charge in [0.1, 0.15) is 23.6 Å². The van der Waals surface area contributed by atoms with E-state index in [4.69, 9.17) is 32.9 Å². The van der Waals surface area contributed by atoms with Crippen LogP contribution in [0.25, 0.3) is 22.6 Å². The van der Waals surface area contributed by atoms with Gasteiger partial charge >= 0.3 is 14.2 Å². The lowest BCUT2D eigenvalue weighted by molar-refractivity contribution is -0.384. The Morgan fingerprint density at radius 2 is 1.20 bits per heavy atom. The monoisotopic (exact) mass is 753 g/mol. The van der Waals surface area contributed by atoms with Crippen molar-refractivity contribution >= 4 is 47.6 Å². The van der Waals surface area contributed by atoms with E-state index in [1.807, 2.05) is 55.4 Å². The van der Waals surface area contributed by atoms with Gasteiger partial charge in [-0.3, -0.25) is 25.0 Å². The van der Waals surface area contributed by atoms with Gasteiger partial charge in [0, 0.05) is 24.3 Å². The quantitative estimate of drug-likeness (QED) is 0.0908. The molecule has 3 aromatic carbocycles. The van der Waals surface area contributed by atoms with Gasteiger partial charge in [-0.05, 0) is 90.8 Å². The molecular weight excluding hydrogens is 712 g/mol. The van der Waals surface area contributed by atoms with E-state index in [1.54, 1.807) is 48.5 Å². The molecule has 0 amide bonds. The van der Waals surface area contributed by atoms with Crippen LogP contribution in [-0.2, 0) is 31.8 Å². The van der Waals surface area contributed by atoms with Gasteiger partial charge in [0.15, 0.2) is 16.8 Å². The Labute approximate surface area is 317 Å². The highest BCUT2D eigenvalue weighted by molar-refractivity contribution is 6.64. The summed E-state index contributed by atoms with van der Waals surface area (Å²) in [6.07, 6.45) is 0. The van der Waals surface area contributed by atoms with Gasteiger partial charge in [0.05, 0.1) is 49.8 Å². The molecule has 1 N–H and O–H groups in total. The van der Waals surface area contributed by atoms with Gasteiger partial charge in [-0.1, -0.05) is 24.3 Å². The van der Waals surface area contributed by atoms with Crippen LogP contribution in [0.2, 0.25) is 0 Å². The lowest BCUT2D eigenvalue weighted by Crippen LogP contribution is -2.41. The minimum absolute atomic E-state index is 0.0952. The number of ether oxygens (including phenoxy) is 1. The smallest absolute Gasteiger partial charge is 0.489 e. The van der Waals surface area contributed by atoms with E-state index in [2.05, 4.69) is 4.98 Å². The van der Waals surface area contributed by atoms with E-state index in [1.165, 1.54) is 24.3 Å². The van der Waals surface area contributed by atoms with Crippen molar-refractivity contribution < 1.29 is 42.7 Å². The number of nitrogens with zero attached hydrogens (tertiary/aromatic N) is 3. The Balaban J connectivity index is 0.000000219. The van der Waals surface area contributed by atoms with E-state index in [9.17, 15) is 25.0 Å². The predicted octanol–water partition coefficient (Wildman–Crippen LogP) is 5.47. The maximum absolute atomic E-state index is 11.8. The Morgan fingerprint density at radius 3 is 1.71 bits per heavy atom. The van der Waals surface area contributed by atoms with Crippen molar-refractivity contribution in [3.05, 3.63) is 114 Å². The van der Waals surface area contributed by atoms with E-state index in [-0.39, 0.29) is 30.0 Å². The molecule has 0 saturated carbocycles. The van der Waals surface area contributed by atoms with Crippen LogP contribution in [0.15, 0.2) is 82.0 Å². The molecule has 0 bridgehead atoms. The van der Waals surface area contributed by atoms with Crippen molar-refractivity contribution in [3.63, 3.8) is 0 Å². The van der Waals surface area contributed by atoms with Crippen molar-refractivity contribution in [2.75, 3.05) is 0 Å². The molecule has 2 saturated heterocycles. The number of rotatable bonds is 8. The molecule has 3 heterocycles. The zero-order valence-corrected chi connectivity index (χ0v) is 31.8. The van der Waals surface area contributed by atoms with Gasteiger partial charge in [0.2, 0.25) is 0 Å². The molecule has 7 rings (SSSR count). The average molecular weight is 753 g/mol. The average Bonchev–Trinajstić information content (AvgIpc) is 3.48. The fourth-order valence-electron chi connectivity index (χ4n) is 5.86. The first-order chi connectivity index (χ1) is 25.7. The van der Waals surface area contributed by atoms with E-state index in [0.29, 0.717) is 50.4 Å². The molecular formula is C38H41B2N3O12. The Bertz CT molecular complexity index is 2280. The minimum Gasteiger partial charge on any atom is -0.489 e. The van der Waals surface area contributed by atoms with E-state index in [0.717, 1.165) is 0 Å². The van der Waals surface area contributed by atoms with Crippen molar-refractivity contribution in [1.82, 2.24) is 4.98 Å². The van der Waals surface area contributed by atoms with Crippen LogP contribution in [0.1, 0.15) is 66.5 Å². The summed E-state index contributed by atoms with van der Waals surface area (Å²) in [5.74, 6) is 0.884. The topological polar surface area (TPSA) is 196 Å². The Kier molecular flexibility index (Phi) is 10.4. The normalized spacial score (nSPS) is 17.9. The summed E-state index contributed by atoms with van der Waals surface area (Å²) in [6.45, 7) is 15.0. The number of aliphatic hydroxyl groups excluding tert-OH is 1. The fraction of sp³-hybridized carbons (Fsp3) is 0.368. The zero-order chi connectivity index (χ0) is 40.1. The molecule has 2 fully saturated rings. The number of aliphatic hydroxyl groups is 1. The molecule has 286 valence electrons. The zero-order valence-electron chi connectivity index (χ0n) is 31.8. The highest BCUT2D eigenvalue weighted by Crippen LogP contribution is 2.38. The summed E-state index contributed by atoms with van der Waals surface area (Å²) in [5.41, 5.74) is 0.796. The molecule has 17 heteroatoms. The van der Waals surface area contributed by atoms with Crippen LogP contribution < -0.4 is 21.1 Å². The molecule has 0 unspecified atom stereocenters. The maximum Gasteiger partial charge on any atom is 0.501 e. The standard InChI is InChI=1S/C25H23BN2O7.C13H18BNO5/c1-24(2)25(3,4)35-26(34-24)18-8-5-15(11-21(18)28(30)31)14-32-17-7-10-20-23(13-17)33-22-12-16(29)6-9-19(22)27-20;1-12(2)13(3,4)20-14(19-12)10-6-5-9(8-16)7-11(10)15(17)18/h5-13H,14H2,1-4H3;5-7,16H,8H2,1-4H3. The van der Waals surface area contributed by atoms with Crippen molar-refractivity contribution in [2.24, 2.45) is 0 Å². The van der Waals surface area contributed by atoms with Crippen LogP contribution in [-0.4, -0.2) is 56.6 Å². The van der Waals surface area contributed by atoms with Gasteiger partial charge in [0.25, 0.3) is 11.4 Å². The van der Waals surface area contributed by atoms with Crippen LogP contribution in [0.5, 0.6) is 5.75 Å². The fourth-order valence-corrected chi connectivity index (χ4v) is 5.86. The van der Waals surface area contributed by atoms with Crippen LogP contribution >= 0.6 is 0 Å². The number of nitro benzene ring substituents is 2. The lowest BCUT2D eigenvalue weighted by atomic mass is 9.77. The van der Waals surface area contributed by atoms with Crippen molar-refractivity contribution in [2.45, 2.75) is 91.0 Å². The number of nitro groups is 2. The second-order valence-electron chi connectivity index (χ2n) is 15.4. The third-order valence-electron chi connectivity index (χ3n) is 10.5. The van der Waals surface area contributed by atoms with Gasteiger partial charge in [-0.25, -0.2) is 4.98 Å². The number of benzene rings is 4. The summed E-state index contributed by atoms with van der Waals surface area (Å²) < 4.78 is 35.3. The number of aromatic nitrogens is 1. The molecule has 1 aliphatic carbocycles. The second kappa shape index (κ2) is 14.5. The van der Waals surface area contributed by atoms with Crippen LogP contribution in [0.4, 0.5) is 11.4 Å². The molecule has 3 aromatic rings. The third kappa shape index (κ3) is 7.97. The first kappa shape index (κ1) is 39.5. The summed E-state index contributed by atoms with van der Waals surface area (Å²) in [4.78, 5) is 38.2. The third-order valence-corrected chi connectivity index (χ3v) is 10.5. The van der Waals surface area contributed by atoms with Gasteiger partial charge < -0.3 is 32.9 Å². The first-order valence-corrected chi connectivity index (χ1v) is 17.5. The van der Waals surface area contributed by atoms with Gasteiger partial charge in [-0.2, -0.15) is 0 Å². The Morgan fingerprint density at radius 1 is 0.691 bits per heavy atom. The molecule has 0 spiro atoms. The summed E-state index contributed by atoms with van der Waals surface area (Å²) in [6, 6.07) is 19.0. The molecule has 55 heavy (non-hydrogen) atoms. The summed E-state index contributed by atoms with van der Waals surface area (Å²) in [5, 5.41) is 32.1. The minimum atomic E-state index is -0.838. The van der Waals surface area contributed by atoms with Crippen LogP contribution in [0.3, 0.4) is 0 Å². The number of fused-ring (bicyclic) bond motifs is 2. The first-order valence-electron chi connectivity index (χ1n) is 17.5. The molecule has 15 nitrogen and oxygen atoms in total. The Hall–Kier alpha value is -5.19. The summed E-state index contributed by atoms with van der Waals surface area (Å²) in [7, 11) is -1.62. The van der Waals surface area contributed by atoms with E-state index >= 15 is 0 Å². The van der Waals surface area contributed by atoms with Gasteiger partial charge in [-0.15, -0.1) is 0 Å². The largest absolute Gasteiger partial charge is 0.501 e.